The monoisotopic (exact) mass is 466 g/mol. The molecule has 0 unspecified atom stereocenters. The van der Waals surface area contributed by atoms with Crippen LogP contribution in [0.4, 0.5) is 10.6 Å². The van der Waals surface area contributed by atoms with Gasteiger partial charge in [0.2, 0.25) is 5.91 Å². The fraction of sp³-hybridized carbons (Fsp3) is 0.440. The lowest BCUT2D eigenvalue weighted by Crippen LogP contribution is -2.54. The molecule has 34 heavy (non-hydrogen) atoms. The molecule has 9 nitrogen and oxygen atoms in total. The van der Waals surface area contributed by atoms with Crippen molar-refractivity contribution in [1.29, 1.82) is 0 Å². The Hall–Kier alpha value is -3.62. The van der Waals surface area contributed by atoms with Crippen molar-refractivity contribution in [3.8, 4) is 17.0 Å². The number of rotatable bonds is 7. The maximum Gasteiger partial charge on any atom is 0.318 e. The Labute approximate surface area is 201 Å². The SMILES string of the molecule is C=CCN(CC(=O)N1CCN(c2ccc(-c3cccc(OC)c3)nn2)CC1)C(=O)NC(C)(C)C. The lowest BCUT2D eigenvalue weighted by atomic mass is 10.1. The van der Waals surface area contributed by atoms with Gasteiger partial charge < -0.3 is 24.8 Å². The lowest BCUT2D eigenvalue weighted by Gasteiger charge is -2.36. The van der Waals surface area contributed by atoms with Gasteiger partial charge >= 0.3 is 6.03 Å². The van der Waals surface area contributed by atoms with E-state index in [1.807, 2.05) is 57.2 Å². The van der Waals surface area contributed by atoms with Crippen LogP contribution >= 0.6 is 0 Å². The zero-order chi connectivity index (χ0) is 24.7. The van der Waals surface area contributed by atoms with Gasteiger partial charge in [0.25, 0.3) is 0 Å². The van der Waals surface area contributed by atoms with E-state index in [0.717, 1.165) is 22.8 Å². The number of benzene rings is 1. The topological polar surface area (TPSA) is 90.9 Å². The number of anilines is 1. The third kappa shape index (κ3) is 6.69. The number of hydrogen-bond acceptors (Lipinski definition) is 6. The summed E-state index contributed by atoms with van der Waals surface area (Å²) in [5, 5.41) is 11.7. The highest BCUT2D eigenvalue weighted by Crippen LogP contribution is 2.23. The van der Waals surface area contributed by atoms with Crippen LogP contribution in [-0.2, 0) is 4.79 Å². The van der Waals surface area contributed by atoms with Crippen LogP contribution in [0.25, 0.3) is 11.3 Å². The number of carbonyl (C=O) groups excluding carboxylic acids is 2. The van der Waals surface area contributed by atoms with Gasteiger partial charge in [-0.1, -0.05) is 18.2 Å². The fourth-order valence-corrected chi connectivity index (χ4v) is 3.65. The molecule has 2 heterocycles. The molecule has 9 heteroatoms. The number of amides is 3. The molecule has 2 aromatic rings. The first-order chi connectivity index (χ1) is 16.2. The Bertz CT molecular complexity index is 994. The van der Waals surface area contributed by atoms with Crippen LogP contribution in [0.5, 0.6) is 5.75 Å². The summed E-state index contributed by atoms with van der Waals surface area (Å²) in [6, 6.07) is 11.3. The maximum absolute atomic E-state index is 12.9. The molecule has 1 fully saturated rings. The molecule has 3 rings (SSSR count). The molecule has 1 aromatic carbocycles. The van der Waals surface area contributed by atoms with Gasteiger partial charge in [0, 0.05) is 43.8 Å². The molecular formula is C25H34N6O3. The van der Waals surface area contributed by atoms with E-state index in [1.54, 1.807) is 18.1 Å². The van der Waals surface area contributed by atoms with Crippen molar-refractivity contribution < 1.29 is 14.3 Å². The maximum atomic E-state index is 12.9. The number of aromatic nitrogens is 2. The summed E-state index contributed by atoms with van der Waals surface area (Å²) in [5.41, 5.74) is 1.33. The average Bonchev–Trinajstić information content (AvgIpc) is 2.83. The molecule has 0 aliphatic carbocycles. The molecule has 1 aliphatic heterocycles. The van der Waals surface area contributed by atoms with E-state index in [4.69, 9.17) is 4.74 Å². The minimum Gasteiger partial charge on any atom is -0.497 e. The van der Waals surface area contributed by atoms with E-state index >= 15 is 0 Å². The first kappa shape index (κ1) is 25.0. The van der Waals surface area contributed by atoms with Gasteiger partial charge in [-0.25, -0.2) is 4.79 Å². The summed E-state index contributed by atoms with van der Waals surface area (Å²) >= 11 is 0. The fourth-order valence-electron chi connectivity index (χ4n) is 3.65. The van der Waals surface area contributed by atoms with Crippen LogP contribution in [0, 0.1) is 0 Å². The molecular weight excluding hydrogens is 432 g/mol. The second kappa shape index (κ2) is 11.0. The Morgan fingerprint density at radius 1 is 1.15 bits per heavy atom. The van der Waals surface area contributed by atoms with Crippen LogP contribution < -0.4 is 15.0 Å². The molecule has 0 atom stereocenters. The van der Waals surface area contributed by atoms with Gasteiger partial charge in [-0.2, -0.15) is 0 Å². The number of nitrogens with one attached hydrogen (secondary N) is 1. The van der Waals surface area contributed by atoms with Crippen molar-refractivity contribution in [1.82, 2.24) is 25.3 Å². The highest BCUT2D eigenvalue weighted by molar-refractivity contribution is 5.84. The predicted octanol–water partition coefficient (Wildman–Crippen LogP) is 2.80. The van der Waals surface area contributed by atoms with Crippen LogP contribution in [0.1, 0.15) is 20.8 Å². The van der Waals surface area contributed by atoms with Crippen molar-refractivity contribution in [2.75, 3.05) is 51.3 Å². The average molecular weight is 467 g/mol. The molecule has 0 spiro atoms. The molecule has 182 valence electrons. The normalized spacial score (nSPS) is 13.9. The highest BCUT2D eigenvalue weighted by Gasteiger charge is 2.26. The molecule has 1 aliphatic rings. The van der Waals surface area contributed by atoms with Crippen LogP contribution in [0.3, 0.4) is 0 Å². The summed E-state index contributed by atoms with van der Waals surface area (Å²) < 4.78 is 5.28. The predicted molar refractivity (Wildman–Crippen MR) is 133 cm³/mol. The van der Waals surface area contributed by atoms with E-state index in [1.165, 1.54) is 4.90 Å². The quantitative estimate of drug-likeness (QED) is 0.631. The van der Waals surface area contributed by atoms with E-state index in [0.29, 0.717) is 32.7 Å². The van der Waals surface area contributed by atoms with E-state index in [2.05, 4.69) is 27.0 Å². The van der Waals surface area contributed by atoms with Gasteiger partial charge in [0.05, 0.1) is 12.8 Å². The number of urea groups is 1. The molecule has 1 aromatic heterocycles. The highest BCUT2D eigenvalue weighted by atomic mass is 16.5. The van der Waals surface area contributed by atoms with Crippen molar-refractivity contribution in [3.63, 3.8) is 0 Å². The Morgan fingerprint density at radius 3 is 2.47 bits per heavy atom. The number of ether oxygens (including phenoxy) is 1. The van der Waals surface area contributed by atoms with Gasteiger partial charge in [-0.15, -0.1) is 16.8 Å². The molecule has 0 bridgehead atoms. The van der Waals surface area contributed by atoms with Gasteiger partial charge in [0.15, 0.2) is 5.82 Å². The second-order valence-corrected chi connectivity index (χ2v) is 9.23. The Morgan fingerprint density at radius 2 is 1.88 bits per heavy atom. The minimum absolute atomic E-state index is 0.0168. The summed E-state index contributed by atoms with van der Waals surface area (Å²) in [6.07, 6.45) is 1.63. The van der Waals surface area contributed by atoms with Crippen molar-refractivity contribution in [3.05, 3.63) is 49.1 Å². The smallest absolute Gasteiger partial charge is 0.318 e. The standard InChI is InChI=1S/C25H34N6O3/c1-6-12-31(24(33)26-25(2,3)4)18-23(32)30-15-13-29(14-16-30)22-11-10-21(27-28-22)19-8-7-9-20(17-19)34-5/h6-11,17H,1,12-16,18H2,2-5H3,(H,26,33). The number of hydrogen-bond donors (Lipinski definition) is 1. The van der Waals surface area contributed by atoms with Gasteiger partial charge in [-0.05, 0) is 45.0 Å². The molecule has 0 saturated carbocycles. The largest absolute Gasteiger partial charge is 0.497 e. The van der Waals surface area contributed by atoms with Crippen molar-refractivity contribution >= 4 is 17.8 Å². The summed E-state index contributed by atoms with van der Waals surface area (Å²) in [7, 11) is 1.63. The van der Waals surface area contributed by atoms with Gasteiger partial charge in [-0.3, -0.25) is 4.79 Å². The van der Waals surface area contributed by atoms with E-state index in [9.17, 15) is 9.59 Å². The van der Waals surface area contributed by atoms with Crippen molar-refractivity contribution in [2.24, 2.45) is 0 Å². The van der Waals surface area contributed by atoms with E-state index < -0.39 is 0 Å². The van der Waals surface area contributed by atoms with Crippen LogP contribution in [0.2, 0.25) is 0 Å². The van der Waals surface area contributed by atoms with Crippen molar-refractivity contribution in [2.45, 2.75) is 26.3 Å². The summed E-state index contributed by atoms with van der Waals surface area (Å²) in [6.45, 7) is 12.2. The van der Waals surface area contributed by atoms with E-state index in [-0.39, 0.29) is 24.0 Å². The molecule has 0 radical (unpaired) electrons. The molecule has 3 amide bonds. The summed E-state index contributed by atoms with van der Waals surface area (Å²) in [5.74, 6) is 1.47. The second-order valence-electron chi connectivity index (χ2n) is 9.23. The minimum atomic E-state index is -0.381. The third-order valence-corrected chi connectivity index (χ3v) is 5.42. The zero-order valence-corrected chi connectivity index (χ0v) is 20.5. The third-order valence-electron chi connectivity index (χ3n) is 5.42. The number of carbonyl (C=O) groups is 2. The van der Waals surface area contributed by atoms with Gasteiger partial charge in [0.1, 0.15) is 12.3 Å². The number of methoxy groups -OCH3 is 1. The first-order valence-corrected chi connectivity index (χ1v) is 11.4. The first-order valence-electron chi connectivity index (χ1n) is 11.4. The Kier molecular flexibility index (Phi) is 8.09. The number of piperazine rings is 1. The molecule has 1 saturated heterocycles. The lowest BCUT2D eigenvalue weighted by molar-refractivity contribution is -0.132. The van der Waals surface area contributed by atoms with Crippen LogP contribution in [-0.4, -0.2) is 83.9 Å². The number of nitrogens with zero attached hydrogens (tertiary/aromatic N) is 5. The molecule has 1 N–H and O–H groups in total. The Balaban J connectivity index is 1.56. The zero-order valence-electron chi connectivity index (χ0n) is 20.5. The van der Waals surface area contributed by atoms with Crippen LogP contribution in [0.15, 0.2) is 49.1 Å². The summed E-state index contributed by atoms with van der Waals surface area (Å²) in [4.78, 5) is 30.8.